The molecule has 2 aliphatic heterocycles. The van der Waals surface area contributed by atoms with Crippen LogP contribution in [0.5, 0.6) is 0 Å². The lowest BCUT2D eigenvalue weighted by atomic mass is 10.1. The van der Waals surface area contributed by atoms with Crippen molar-refractivity contribution >= 4 is 5.91 Å². The van der Waals surface area contributed by atoms with Crippen LogP contribution in [0.2, 0.25) is 0 Å². The monoisotopic (exact) mass is 254 g/mol. The number of nitrogens with two attached hydrogens (primary N) is 1. The van der Waals surface area contributed by atoms with Crippen molar-refractivity contribution in [2.75, 3.05) is 52.9 Å². The van der Waals surface area contributed by atoms with Gasteiger partial charge < -0.3 is 20.4 Å². The predicted molar refractivity (Wildman–Crippen MR) is 72.3 cm³/mol. The lowest BCUT2D eigenvalue weighted by Crippen LogP contribution is -2.57. The number of carbonyl (C=O) groups excluding carboxylic acids is 1. The highest BCUT2D eigenvalue weighted by atomic mass is 16.2. The number of hydrogen-bond donors (Lipinski definition) is 1. The first-order valence-corrected chi connectivity index (χ1v) is 7.11. The van der Waals surface area contributed by atoms with E-state index < -0.39 is 0 Å². The third-order valence-corrected chi connectivity index (χ3v) is 4.12. The summed E-state index contributed by atoms with van der Waals surface area (Å²) < 4.78 is 0. The molecule has 1 amide bonds. The molecule has 0 spiro atoms. The molecule has 2 N–H and O–H groups in total. The molecule has 2 aliphatic rings. The molecule has 104 valence electrons. The molecule has 2 heterocycles. The van der Waals surface area contributed by atoms with Crippen LogP contribution in [0.25, 0.3) is 0 Å². The molecule has 0 radical (unpaired) electrons. The minimum atomic E-state index is 0.204. The molecule has 5 nitrogen and oxygen atoms in total. The zero-order chi connectivity index (χ0) is 13.0. The Hall–Kier alpha value is -0.650. The number of amides is 1. The summed E-state index contributed by atoms with van der Waals surface area (Å²) in [6.45, 7) is 6.52. The Bertz CT molecular complexity index is 278. The van der Waals surface area contributed by atoms with E-state index in [1.807, 2.05) is 4.90 Å². The van der Waals surface area contributed by atoms with Gasteiger partial charge in [-0.1, -0.05) is 0 Å². The van der Waals surface area contributed by atoms with Crippen LogP contribution in [0.15, 0.2) is 0 Å². The molecule has 2 rings (SSSR count). The summed E-state index contributed by atoms with van der Waals surface area (Å²) in [5, 5.41) is 0. The molecule has 0 bridgehead atoms. The van der Waals surface area contributed by atoms with E-state index in [-0.39, 0.29) is 11.9 Å². The third-order valence-electron chi connectivity index (χ3n) is 4.12. The van der Waals surface area contributed by atoms with Crippen LogP contribution in [0, 0.1) is 0 Å². The van der Waals surface area contributed by atoms with Crippen LogP contribution in [-0.2, 0) is 4.79 Å². The van der Waals surface area contributed by atoms with E-state index in [0.29, 0.717) is 13.0 Å². The molecule has 0 aromatic carbocycles. The Morgan fingerprint density at radius 1 is 1.22 bits per heavy atom. The van der Waals surface area contributed by atoms with Crippen molar-refractivity contribution in [1.29, 1.82) is 0 Å². The molecular formula is C13H26N4O. The first-order valence-electron chi connectivity index (χ1n) is 7.11. The molecule has 18 heavy (non-hydrogen) atoms. The summed E-state index contributed by atoms with van der Waals surface area (Å²) in [5.41, 5.74) is 5.78. The summed E-state index contributed by atoms with van der Waals surface area (Å²) in [6, 6.07) is 0.204. The second-order valence-corrected chi connectivity index (χ2v) is 5.54. The van der Waals surface area contributed by atoms with Crippen molar-refractivity contribution in [2.45, 2.75) is 25.3 Å². The topological polar surface area (TPSA) is 52.8 Å². The van der Waals surface area contributed by atoms with Crippen LogP contribution in [0.3, 0.4) is 0 Å². The SMILES string of the molecule is CN1CCN(C(=O)CCN2CCCC2)C(CN)C1. The molecule has 5 heteroatoms. The molecule has 0 aromatic rings. The number of carbonyl (C=O) groups is 1. The largest absolute Gasteiger partial charge is 0.336 e. The van der Waals surface area contributed by atoms with E-state index in [1.165, 1.54) is 12.8 Å². The minimum absolute atomic E-state index is 0.204. The van der Waals surface area contributed by atoms with Crippen molar-refractivity contribution in [1.82, 2.24) is 14.7 Å². The van der Waals surface area contributed by atoms with E-state index in [2.05, 4.69) is 16.8 Å². The maximum atomic E-state index is 12.3. The number of piperazine rings is 1. The highest BCUT2D eigenvalue weighted by Gasteiger charge is 2.28. The Morgan fingerprint density at radius 3 is 2.61 bits per heavy atom. The normalized spacial score (nSPS) is 26.8. The van der Waals surface area contributed by atoms with E-state index >= 15 is 0 Å². The molecule has 2 saturated heterocycles. The molecule has 0 aliphatic carbocycles. The fraction of sp³-hybridized carbons (Fsp3) is 0.923. The zero-order valence-electron chi connectivity index (χ0n) is 11.5. The van der Waals surface area contributed by atoms with Gasteiger partial charge in [0, 0.05) is 39.1 Å². The highest BCUT2D eigenvalue weighted by molar-refractivity contribution is 5.77. The van der Waals surface area contributed by atoms with Crippen molar-refractivity contribution in [3.8, 4) is 0 Å². The molecule has 1 unspecified atom stereocenters. The Morgan fingerprint density at radius 2 is 1.94 bits per heavy atom. The number of rotatable bonds is 4. The average molecular weight is 254 g/mol. The van der Waals surface area contributed by atoms with Crippen LogP contribution < -0.4 is 5.73 Å². The number of likely N-dealkylation sites (N-methyl/N-ethyl adjacent to an activating group) is 1. The smallest absolute Gasteiger partial charge is 0.224 e. The van der Waals surface area contributed by atoms with Crippen LogP contribution in [0.1, 0.15) is 19.3 Å². The van der Waals surface area contributed by atoms with E-state index in [4.69, 9.17) is 5.73 Å². The first kappa shape index (κ1) is 13.8. The van der Waals surface area contributed by atoms with Gasteiger partial charge in [0.05, 0.1) is 6.04 Å². The molecule has 1 atom stereocenters. The Balaban J connectivity index is 1.79. The fourth-order valence-electron chi connectivity index (χ4n) is 2.94. The number of nitrogens with zero attached hydrogens (tertiary/aromatic N) is 3. The minimum Gasteiger partial charge on any atom is -0.336 e. The first-order chi connectivity index (χ1) is 8.70. The summed E-state index contributed by atoms with van der Waals surface area (Å²) in [7, 11) is 2.09. The van der Waals surface area contributed by atoms with E-state index in [1.54, 1.807) is 0 Å². The van der Waals surface area contributed by atoms with Gasteiger partial charge >= 0.3 is 0 Å². The second-order valence-electron chi connectivity index (χ2n) is 5.54. The van der Waals surface area contributed by atoms with Crippen LogP contribution >= 0.6 is 0 Å². The molecule has 2 fully saturated rings. The van der Waals surface area contributed by atoms with Gasteiger partial charge in [-0.15, -0.1) is 0 Å². The molecule has 0 saturated carbocycles. The van der Waals surface area contributed by atoms with Gasteiger partial charge in [-0.3, -0.25) is 4.79 Å². The maximum Gasteiger partial charge on any atom is 0.224 e. The van der Waals surface area contributed by atoms with Crippen molar-refractivity contribution in [3.05, 3.63) is 0 Å². The highest BCUT2D eigenvalue weighted by Crippen LogP contribution is 2.12. The van der Waals surface area contributed by atoms with Gasteiger partial charge in [0.25, 0.3) is 0 Å². The van der Waals surface area contributed by atoms with Crippen LogP contribution in [-0.4, -0.2) is 79.5 Å². The summed E-state index contributed by atoms with van der Waals surface area (Å²) in [5.74, 6) is 0.283. The Labute approximate surface area is 110 Å². The number of hydrogen-bond acceptors (Lipinski definition) is 4. The van der Waals surface area contributed by atoms with E-state index in [9.17, 15) is 4.79 Å². The van der Waals surface area contributed by atoms with E-state index in [0.717, 1.165) is 39.3 Å². The van der Waals surface area contributed by atoms with Crippen molar-refractivity contribution < 1.29 is 4.79 Å². The Kier molecular flexibility index (Phi) is 4.97. The summed E-state index contributed by atoms with van der Waals surface area (Å²) in [4.78, 5) is 18.9. The predicted octanol–water partition coefficient (Wildman–Crippen LogP) is -0.426. The summed E-state index contributed by atoms with van der Waals surface area (Å²) >= 11 is 0. The lowest BCUT2D eigenvalue weighted by Gasteiger charge is -2.39. The van der Waals surface area contributed by atoms with Gasteiger partial charge in [-0.25, -0.2) is 0 Å². The second kappa shape index (κ2) is 6.50. The molecular weight excluding hydrogens is 228 g/mol. The van der Waals surface area contributed by atoms with Gasteiger partial charge in [-0.2, -0.15) is 0 Å². The van der Waals surface area contributed by atoms with Gasteiger partial charge in [0.1, 0.15) is 0 Å². The van der Waals surface area contributed by atoms with Crippen molar-refractivity contribution in [3.63, 3.8) is 0 Å². The average Bonchev–Trinajstić information content (AvgIpc) is 2.88. The van der Waals surface area contributed by atoms with Crippen LogP contribution in [0.4, 0.5) is 0 Å². The standard InChI is InChI=1S/C13H26N4O/c1-15-8-9-17(12(10-14)11-15)13(18)4-7-16-5-2-3-6-16/h12H,2-11,14H2,1H3. The van der Waals surface area contributed by atoms with Gasteiger partial charge in [-0.05, 0) is 33.0 Å². The zero-order valence-corrected chi connectivity index (χ0v) is 11.5. The lowest BCUT2D eigenvalue weighted by molar-refractivity contribution is -0.135. The van der Waals surface area contributed by atoms with Crippen molar-refractivity contribution in [2.24, 2.45) is 5.73 Å². The fourth-order valence-corrected chi connectivity index (χ4v) is 2.94. The number of likely N-dealkylation sites (tertiary alicyclic amines) is 1. The molecule has 0 aromatic heterocycles. The van der Waals surface area contributed by atoms with Gasteiger partial charge in [0.15, 0.2) is 0 Å². The summed E-state index contributed by atoms with van der Waals surface area (Å²) in [6.07, 6.45) is 3.22. The third kappa shape index (κ3) is 3.43. The van der Waals surface area contributed by atoms with Gasteiger partial charge in [0.2, 0.25) is 5.91 Å². The maximum absolute atomic E-state index is 12.3. The quantitative estimate of drug-likeness (QED) is 0.740.